The van der Waals surface area contributed by atoms with E-state index in [4.69, 9.17) is 9.15 Å². The summed E-state index contributed by atoms with van der Waals surface area (Å²) in [7, 11) is -1.74. The highest BCUT2D eigenvalue weighted by atomic mass is 16.5. The molecule has 2 amide bonds. The Hall–Kier alpha value is -3.30. The number of ether oxygens (including phenoxy) is 1. The third-order valence-corrected chi connectivity index (χ3v) is 4.52. The molecule has 3 rings (SSSR count). The Bertz CT molecular complexity index is 1020. The molecule has 0 aliphatic carbocycles. The topological polar surface area (TPSA) is 121 Å². The first kappa shape index (κ1) is 21.4. The molecule has 0 radical (unpaired) electrons. The molecule has 0 saturated heterocycles. The molecule has 8 nitrogen and oxygen atoms in total. The normalized spacial score (nSPS) is 11.7. The number of nitrogens with one attached hydrogen (secondary N) is 2. The van der Waals surface area contributed by atoms with E-state index in [0.717, 1.165) is 10.9 Å². The summed E-state index contributed by atoms with van der Waals surface area (Å²) in [5.74, 6) is -1.28. The van der Waals surface area contributed by atoms with Gasteiger partial charge < -0.3 is 24.5 Å². The Kier molecular flexibility index (Phi) is 7.10. The fraction of sp³-hybridized carbons (Fsp3) is 0.238. The quantitative estimate of drug-likeness (QED) is 0.423. The monoisotopic (exact) mass is 410 g/mol. The van der Waals surface area contributed by atoms with Crippen molar-refractivity contribution in [2.45, 2.75) is 25.7 Å². The molecular formula is C21H23BN2O6. The summed E-state index contributed by atoms with van der Waals surface area (Å²) in [6.07, 6.45) is 1.19. The Balaban J connectivity index is 1.64. The van der Waals surface area contributed by atoms with Crippen LogP contribution in [0.5, 0.6) is 0 Å². The predicted molar refractivity (Wildman–Crippen MR) is 113 cm³/mol. The Morgan fingerprint density at radius 2 is 1.97 bits per heavy atom. The summed E-state index contributed by atoms with van der Waals surface area (Å²) >= 11 is 0. The van der Waals surface area contributed by atoms with Gasteiger partial charge in [0.05, 0.1) is 25.2 Å². The number of benzene rings is 2. The average Bonchev–Trinajstić information content (AvgIpc) is 3.11. The molecule has 0 bridgehead atoms. The van der Waals surface area contributed by atoms with E-state index in [1.165, 1.54) is 0 Å². The summed E-state index contributed by atoms with van der Waals surface area (Å²) in [6.45, 7) is 1.96. The first-order valence-corrected chi connectivity index (χ1v) is 9.59. The van der Waals surface area contributed by atoms with Crippen molar-refractivity contribution >= 4 is 35.8 Å². The molecule has 0 fully saturated rings. The number of carbonyl (C=O) groups excluding carboxylic acids is 2. The van der Waals surface area contributed by atoms with Gasteiger partial charge in [-0.2, -0.15) is 0 Å². The van der Waals surface area contributed by atoms with Crippen LogP contribution in [0.2, 0.25) is 0 Å². The van der Waals surface area contributed by atoms with Crippen LogP contribution in [0, 0.1) is 0 Å². The van der Waals surface area contributed by atoms with E-state index in [2.05, 4.69) is 10.6 Å². The highest BCUT2D eigenvalue weighted by molar-refractivity contribution is 6.43. The van der Waals surface area contributed by atoms with Gasteiger partial charge in [0.25, 0.3) is 0 Å². The van der Waals surface area contributed by atoms with Gasteiger partial charge in [-0.1, -0.05) is 30.3 Å². The maximum Gasteiger partial charge on any atom is 0.475 e. The van der Waals surface area contributed by atoms with E-state index in [0.29, 0.717) is 16.8 Å². The number of rotatable bonds is 8. The summed E-state index contributed by atoms with van der Waals surface area (Å²) in [6, 6.07) is 14.2. The van der Waals surface area contributed by atoms with Crippen molar-refractivity contribution in [3.05, 3.63) is 65.9 Å². The van der Waals surface area contributed by atoms with Crippen molar-refractivity contribution in [3.63, 3.8) is 0 Å². The summed E-state index contributed by atoms with van der Waals surface area (Å²) in [5, 5.41) is 25.6. The highest BCUT2D eigenvalue weighted by Crippen LogP contribution is 2.22. The SMILES string of the molecule is CCOC(=O)Nc1cccc(CC(=O)NC(Cc2coc3ccccc23)B(O)O)c1. The van der Waals surface area contributed by atoms with Gasteiger partial charge in [0.15, 0.2) is 0 Å². The molecule has 2 aromatic carbocycles. The number of anilines is 1. The first-order valence-electron chi connectivity index (χ1n) is 9.59. The van der Waals surface area contributed by atoms with Crippen molar-refractivity contribution in [2.75, 3.05) is 11.9 Å². The molecule has 1 atom stereocenters. The second-order valence-electron chi connectivity index (χ2n) is 6.77. The van der Waals surface area contributed by atoms with E-state index < -0.39 is 19.2 Å². The number of furan rings is 1. The number of carbonyl (C=O) groups is 2. The van der Waals surface area contributed by atoms with Crippen LogP contribution in [0.1, 0.15) is 18.1 Å². The van der Waals surface area contributed by atoms with Crippen LogP contribution < -0.4 is 10.6 Å². The zero-order valence-electron chi connectivity index (χ0n) is 16.5. The largest absolute Gasteiger partial charge is 0.475 e. The van der Waals surface area contributed by atoms with E-state index in [1.807, 2.05) is 24.3 Å². The molecule has 3 aromatic rings. The lowest BCUT2D eigenvalue weighted by Crippen LogP contribution is -2.48. The van der Waals surface area contributed by atoms with Crippen LogP contribution in [0.25, 0.3) is 11.0 Å². The highest BCUT2D eigenvalue weighted by Gasteiger charge is 2.27. The van der Waals surface area contributed by atoms with E-state index in [9.17, 15) is 19.6 Å². The van der Waals surface area contributed by atoms with Crippen molar-refractivity contribution in [2.24, 2.45) is 0 Å². The lowest BCUT2D eigenvalue weighted by Gasteiger charge is -2.17. The molecular weight excluding hydrogens is 387 g/mol. The maximum absolute atomic E-state index is 12.5. The summed E-state index contributed by atoms with van der Waals surface area (Å²) in [5.41, 5.74) is 2.62. The second kappa shape index (κ2) is 9.95. The minimum Gasteiger partial charge on any atom is -0.464 e. The van der Waals surface area contributed by atoms with E-state index >= 15 is 0 Å². The van der Waals surface area contributed by atoms with Crippen LogP contribution in [0.3, 0.4) is 0 Å². The summed E-state index contributed by atoms with van der Waals surface area (Å²) < 4.78 is 10.3. The molecule has 1 heterocycles. The third kappa shape index (κ3) is 5.62. The molecule has 4 N–H and O–H groups in total. The van der Waals surface area contributed by atoms with Gasteiger partial charge in [0.1, 0.15) is 5.58 Å². The molecule has 0 spiro atoms. The molecule has 30 heavy (non-hydrogen) atoms. The van der Waals surface area contributed by atoms with E-state index in [1.54, 1.807) is 37.5 Å². The number of hydrogen-bond donors (Lipinski definition) is 4. The zero-order valence-corrected chi connectivity index (χ0v) is 16.5. The Labute approximate surface area is 174 Å². The Morgan fingerprint density at radius 3 is 2.73 bits per heavy atom. The van der Waals surface area contributed by atoms with Crippen molar-refractivity contribution in [1.29, 1.82) is 0 Å². The van der Waals surface area contributed by atoms with Crippen LogP contribution in [-0.2, 0) is 22.4 Å². The minimum atomic E-state index is -1.74. The predicted octanol–water partition coefficient (Wildman–Crippen LogP) is 2.28. The van der Waals surface area contributed by atoms with Crippen LogP contribution in [0.4, 0.5) is 10.5 Å². The fourth-order valence-corrected chi connectivity index (χ4v) is 3.15. The van der Waals surface area contributed by atoms with E-state index in [-0.39, 0.29) is 25.4 Å². The van der Waals surface area contributed by atoms with Gasteiger partial charge in [0, 0.05) is 11.1 Å². The van der Waals surface area contributed by atoms with Gasteiger partial charge in [0.2, 0.25) is 5.91 Å². The second-order valence-corrected chi connectivity index (χ2v) is 6.77. The molecule has 1 aromatic heterocycles. The van der Waals surface area contributed by atoms with Gasteiger partial charge in [-0.05, 0) is 42.7 Å². The first-order chi connectivity index (χ1) is 14.5. The fourth-order valence-electron chi connectivity index (χ4n) is 3.15. The molecule has 156 valence electrons. The van der Waals surface area contributed by atoms with Gasteiger partial charge in [-0.15, -0.1) is 0 Å². The number of para-hydroxylation sites is 1. The zero-order chi connectivity index (χ0) is 21.5. The maximum atomic E-state index is 12.5. The number of fused-ring (bicyclic) bond motifs is 1. The lowest BCUT2D eigenvalue weighted by molar-refractivity contribution is -0.120. The average molecular weight is 410 g/mol. The van der Waals surface area contributed by atoms with Gasteiger partial charge >= 0.3 is 13.2 Å². The Morgan fingerprint density at radius 1 is 1.17 bits per heavy atom. The molecule has 0 saturated carbocycles. The molecule has 0 aliphatic heterocycles. The molecule has 9 heteroatoms. The standard InChI is InChI=1S/C21H23BN2O6/c1-2-29-21(26)23-16-7-5-6-14(10-16)11-20(25)24-19(22(27)28)12-15-13-30-18-9-4-3-8-17(15)18/h3-10,13,19,27-28H,2,11-12H2,1H3,(H,23,26)(H,24,25). The van der Waals surface area contributed by atoms with Crippen LogP contribution in [0.15, 0.2) is 59.2 Å². The minimum absolute atomic E-state index is 0.00764. The summed E-state index contributed by atoms with van der Waals surface area (Å²) in [4.78, 5) is 24.0. The van der Waals surface area contributed by atoms with Gasteiger partial charge in [-0.3, -0.25) is 10.1 Å². The van der Waals surface area contributed by atoms with Crippen molar-refractivity contribution in [1.82, 2.24) is 5.32 Å². The number of hydrogen-bond acceptors (Lipinski definition) is 6. The molecule has 1 unspecified atom stereocenters. The van der Waals surface area contributed by atoms with Gasteiger partial charge in [-0.25, -0.2) is 4.79 Å². The lowest BCUT2D eigenvalue weighted by atomic mass is 9.75. The van der Waals surface area contributed by atoms with Crippen LogP contribution in [-0.4, -0.2) is 41.7 Å². The van der Waals surface area contributed by atoms with Crippen LogP contribution >= 0.6 is 0 Å². The number of amides is 2. The smallest absolute Gasteiger partial charge is 0.464 e. The molecule has 0 aliphatic rings. The third-order valence-electron chi connectivity index (χ3n) is 4.52. The van der Waals surface area contributed by atoms with Crippen molar-refractivity contribution < 1.29 is 28.8 Å². The van der Waals surface area contributed by atoms with Crippen molar-refractivity contribution in [3.8, 4) is 0 Å².